The Hall–Kier alpha value is -2.59. The van der Waals surface area contributed by atoms with E-state index < -0.39 is 0 Å². The van der Waals surface area contributed by atoms with Crippen LogP contribution in [0.5, 0.6) is 0 Å². The van der Waals surface area contributed by atoms with E-state index in [0.29, 0.717) is 12.1 Å². The van der Waals surface area contributed by atoms with Crippen molar-refractivity contribution in [1.29, 1.82) is 10.5 Å². The predicted octanol–water partition coefficient (Wildman–Crippen LogP) is 2.70. The van der Waals surface area contributed by atoms with Gasteiger partial charge in [-0.05, 0) is 13.0 Å². The molecule has 1 aromatic heterocycles. The fraction of sp³-hybridized carbons (Fsp3) is 0.267. The van der Waals surface area contributed by atoms with Crippen molar-refractivity contribution in [2.45, 2.75) is 6.92 Å². The zero-order valence-corrected chi connectivity index (χ0v) is 11.0. The van der Waals surface area contributed by atoms with Crippen LogP contribution in [-0.4, -0.2) is 18.6 Å². The summed E-state index contributed by atoms with van der Waals surface area (Å²) in [6.07, 6.45) is 1.59. The van der Waals surface area contributed by atoms with Crippen molar-refractivity contribution in [3.63, 3.8) is 0 Å². The monoisotopic (exact) mass is 250 g/mol. The van der Waals surface area contributed by atoms with Crippen molar-refractivity contribution < 1.29 is 0 Å². The maximum atomic E-state index is 9.24. The molecule has 0 spiro atoms. The molecule has 1 aromatic carbocycles. The number of benzene rings is 1. The number of hydrogen-bond acceptors (Lipinski definition) is 4. The van der Waals surface area contributed by atoms with Crippen LogP contribution in [0.1, 0.15) is 12.5 Å². The molecule has 0 saturated heterocycles. The van der Waals surface area contributed by atoms with Crippen molar-refractivity contribution in [3.05, 3.63) is 36.0 Å². The van der Waals surface area contributed by atoms with Crippen molar-refractivity contribution in [1.82, 2.24) is 4.98 Å². The Labute approximate surface area is 112 Å². The standard InChI is InChI=1S/C15H14N4/c1-11(7-16)10-19(2)15-12(8-17)9-18-14-6-4-3-5-13(14)15/h3-6,9,11H,10H2,1-2H3. The molecule has 4 nitrogen and oxygen atoms in total. The molecule has 0 bridgehead atoms. The molecule has 0 aliphatic carbocycles. The largest absolute Gasteiger partial charge is 0.372 e. The van der Waals surface area contributed by atoms with Gasteiger partial charge in [-0.25, -0.2) is 0 Å². The Bertz CT molecular complexity index is 679. The topological polar surface area (TPSA) is 63.7 Å². The highest BCUT2D eigenvalue weighted by atomic mass is 15.1. The zero-order valence-electron chi connectivity index (χ0n) is 11.0. The summed E-state index contributed by atoms with van der Waals surface area (Å²) >= 11 is 0. The van der Waals surface area contributed by atoms with Crippen LogP contribution in [0.25, 0.3) is 10.9 Å². The minimum absolute atomic E-state index is 0.0940. The van der Waals surface area contributed by atoms with Gasteiger partial charge in [0.25, 0.3) is 0 Å². The van der Waals surface area contributed by atoms with E-state index in [1.165, 1.54) is 0 Å². The minimum atomic E-state index is -0.0940. The Morgan fingerprint density at radius 3 is 2.74 bits per heavy atom. The highest BCUT2D eigenvalue weighted by Gasteiger charge is 2.14. The van der Waals surface area contributed by atoms with E-state index in [1.807, 2.05) is 43.1 Å². The van der Waals surface area contributed by atoms with Gasteiger partial charge in [-0.2, -0.15) is 10.5 Å². The molecule has 0 radical (unpaired) electrons. The van der Waals surface area contributed by atoms with Gasteiger partial charge in [0.2, 0.25) is 0 Å². The SMILES string of the molecule is CC(C#N)CN(C)c1c(C#N)cnc2ccccc12. The van der Waals surface area contributed by atoms with Gasteiger partial charge < -0.3 is 4.90 Å². The summed E-state index contributed by atoms with van der Waals surface area (Å²) in [5.41, 5.74) is 2.23. The first-order valence-corrected chi connectivity index (χ1v) is 6.06. The number of hydrogen-bond donors (Lipinski definition) is 0. The number of nitrogens with zero attached hydrogens (tertiary/aromatic N) is 4. The van der Waals surface area contributed by atoms with Gasteiger partial charge in [-0.1, -0.05) is 18.2 Å². The molecule has 19 heavy (non-hydrogen) atoms. The van der Waals surface area contributed by atoms with Gasteiger partial charge in [0.1, 0.15) is 6.07 Å². The van der Waals surface area contributed by atoms with Crippen LogP contribution in [0.3, 0.4) is 0 Å². The lowest BCUT2D eigenvalue weighted by molar-refractivity contribution is 0.717. The molecule has 2 rings (SSSR count). The Morgan fingerprint density at radius 2 is 2.05 bits per heavy atom. The summed E-state index contributed by atoms with van der Waals surface area (Å²) in [5.74, 6) is -0.0940. The van der Waals surface area contributed by atoms with E-state index in [9.17, 15) is 5.26 Å². The Morgan fingerprint density at radius 1 is 1.32 bits per heavy atom. The van der Waals surface area contributed by atoms with Gasteiger partial charge in [0.15, 0.2) is 0 Å². The maximum Gasteiger partial charge on any atom is 0.103 e. The second-order valence-electron chi connectivity index (χ2n) is 4.56. The summed E-state index contributed by atoms with van der Waals surface area (Å²) in [4.78, 5) is 6.23. The van der Waals surface area contributed by atoms with Crippen LogP contribution in [0, 0.1) is 28.6 Å². The molecule has 0 aliphatic heterocycles. The number of fused-ring (bicyclic) bond motifs is 1. The molecule has 1 unspecified atom stereocenters. The average molecular weight is 250 g/mol. The minimum Gasteiger partial charge on any atom is -0.372 e. The molecule has 1 atom stereocenters. The van der Waals surface area contributed by atoms with E-state index in [1.54, 1.807) is 6.20 Å². The second kappa shape index (κ2) is 5.37. The van der Waals surface area contributed by atoms with Crippen LogP contribution >= 0.6 is 0 Å². The van der Waals surface area contributed by atoms with Gasteiger partial charge in [0.05, 0.1) is 28.8 Å². The van der Waals surface area contributed by atoms with Crippen LogP contribution in [-0.2, 0) is 0 Å². The summed E-state index contributed by atoms with van der Waals surface area (Å²) in [6, 6.07) is 12.1. The molecule has 1 heterocycles. The highest BCUT2D eigenvalue weighted by molar-refractivity contribution is 5.94. The molecule has 0 N–H and O–H groups in total. The number of aromatic nitrogens is 1. The molecule has 0 fully saturated rings. The number of pyridine rings is 1. The predicted molar refractivity (Wildman–Crippen MR) is 74.5 cm³/mol. The Balaban J connectivity index is 2.57. The zero-order chi connectivity index (χ0) is 13.8. The summed E-state index contributed by atoms with van der Waals surface area (Å²) in [6.45, 7) is 2.45. The van der Waals surface area contributed by atoms with E-state index in [2.05, 4.69) is 17.1 Å². The number of nitriles is 2. The summed E-state index contributed by atoms with van der Waals surface area (Å²) < 4.78 is 0. The fourth-order valence-electron chi connectivity index (χ4n) is 2.16. The van der Waals surface area contributed by atoms with Crippen molar-refractivity contribution >= 4 is 16.6 Å². The third kappa shape index (κ3) is 2.48. The average Bonchev–Trinajstić information content (AvgIpc) is 2.45. The van der Waals surface area contributed by atoms with E-state index in [4.69, 9.17) is 5.26 Å². The van der Waals surface area contributed by atoms with Crippen LogP contribution in [0.4, 0.5) is 5.69 Å². The van der Waals surface area contributed by atoms with Crippen LogP contribution in [0.15, 0.2) is 30.5 Å². The van der Waals surface area contributed by atoms with Gasteiger partial charge >= 0.3 is 0 Å². The first-order valence-electron chi connectivity index (χ1n) is 6.06. The normalized spacial score (nSPS) is 11.6. The second-order valence-corrected chi connectivity index (χ2v) is 4.56. The molecule has 0 saturated carbocycles. The van der Waals surface area contributed by atoms with Crippen molar-refractivity contribution in [3.8, 4) is 12.1 Å². The molecule has 0 aliphatic rings. The molecule has 2 aromatic rings. The van der Waals surface area contributed by atoms with E-state index >= 15 is 0 Å². The van der Waals surface area contributed by atoms with E-state index in [-0.39, 0.29) is 5.92 Å². The third-order valence-corrected chi connectivity index (χ3v) is 3.02. The lowest BCUT2D eigenvalue weighted by Gasteiger charge is -2.23. The maximum absolute atomic E-state index is 9.24. The molecule has 4 heteroatoms. The van der Waals surface area contributed by atoms with E-state index in [0.717, 1.165) is 16.6 Å². The van der Waals surface area contributed by atoms with Gasteiger partial charge in [-0.3, -0.25) is 4.98 Å². The third-order valence-electron chi connectivity index (χ3n) is 3.02. The first kappa shape index (κ1) is 12.9. The summed E-state index contributed by atoms with van der Waals surface area (Å²) in [7, 11) is 1.90. The molecule has 0 amide bonds. The fourth-order valence-corrected chi connectivity index (χ4v) is 2.16. The lowest BCUT2D eigenvalue weighted by Crippen LogP contribution is -2.24. The number of anilines is 1. The van der Waals surface area contributed by atoms with Crippen LogP contribution in [0.2, 0.25) is 0 Å². The number of rotatable bonds is 3. The quantitative estimate of drug-likeness (QED) is 0.840. The first-order chi connectivity index (χ1) is 9.17. The van der Waals surface area contributed by atoms with Gasteiger partial charge in [0, 0.05) is 25.2 Å². The molecule has 94 valence electrons. The smallest absolute Gasteiger partial charge is 0.103 e. The van der Waals surface area contributed by atoms with Crippen molar-refractivity contribution in [2.24, 2.45) is 5.92 Å². The van der Waals surface area contributed by atoms with Crippen LogP contribution < -0.4 is 4.90 Å². The summed E-state index contributed by atoms with van der Waals surface area (Å²) in [5, 5.41) is 19.1. The van der Waals surface area contributed by atoms with Gasteiger partial charge in [-0.15, -0.1) is 0 Å². The number of para-hydroxylation sites is 1. The lowest BCUT2D eigenvalue weighted by atomic mass is 10.1. The molecular formula is C15H14N4. The highest BCUT2D eigenvalue weighted by Crippen LogP contribution is 2.28. The van der Waals surface area contributed by atoms with Crippen molar-refractivity contribution in [2.75, 3.05) is 18.5 Å². The molecular weight excluding hydrogens is 236 g/mol. The Kier molecular flexibility index (Phi) is 3.63.